The lowest BCUT2D eigenvalue weighted by atomic mass is 9.96. The Bertz CT molecular complexity index is 1940. The number of anilines is 1. The number of pyridine rings is 1. The Balaban J connectivity index is 1.06. The van der Waals surface area contributed by atoms with Gasteiger partial charge < -0.3 is 10.5 Å². The second-order valence-electron chi connectivity index (χ2n) is 11.6. The molecular weight excluding hydrogens is 548 g/mol. The van der Waals surface area contributed by atoms with E-state index in [1.807, 2.05) is 66.2 Å². The zero-order valence-electron chi connectivity index (χ0n) is 24.7. The minimum Gasteiger partial charge on any atom is -0.461 e. The average Bonchev–Trinajstić information content (AvgIpc) is 3.45. The van der Waals surface area contributed by atoms with Crippen molar-refractivity contribution in [3.63, 3.8) is 0 Å². The molecule has 0 bridgehead atoms. The van der Waals surface area contributed by atoms with Crippen molar-refractivity contribution < 1.29 is 9.53 Å². The van der Waals surface area contributed by atoms with Crippen molar-refractivity contribution in [1.82, 2.24) is 24.5 Å². The summed E-state index contributed by atoms with van der Waals surface area (Å²) in [6.07, 6.45) is 3.47. The molecule has 0 amide bonds. The van der Waals surface area contributed by atoms with Crippen molar-refractivity contribution in [2.24, 2.45) is 5.92 Å². The van der Waals surface area contributed by atoms with Gasteiger partial charge in [-0.25, -0.2) is 9.97 Å². The highest BCUT2D eigenvalue weighted by molar-refractivity contribution is 5.90. The fraction of sp³-hybridized carbons (Fsp3) is 0.222. The van der Waals surface area contributed by atoms with Gasteiger partial charge in [-0.2, -0.15) is 9.61 Å². The number of aryl methyl sites for hydroxylation is 1. The van der Waals surface area contributed by atoms with Crippen LogP contribution in [0.1, 0.15) is 29.7 Å². The third kappa shape index (κ3) is 5.76. The molecule has 1 saturated heterocycles. The smallest absolute Gasteiger partial charge is 0.309 e. The first-order valence-corrected chi connectivity index (χ1v) is 15.0. The molecule has 7 rings (SSSR count). The standard InChI is InChI=1S/C36H34N6O2/c1-24-18-33-38-21-30-20-32(27-7-3-2-4-8-27)34(39-35(30)42(33)40-24)28-12-10-25(11-13-28)22-41-16-14-29(15-17-41)36(43)44-23-26-6-5-9-31(37)19-26/h2-13,18-21,29H,14-17,22-23,37H2,1H3. The number of carbonyl (C=O) groups excluding carboxylic acids is 1. The number of hydrogen-bond donors (Lipinski definition) is 1. The Kier molecular flexibility index (Phi) is 7.50. The maximum absolute atomic E-state index is 12.7. The van der Waals surface area contributed by atoms with Gasteiger partial charge in [0.2, 0.25) is 0 Å². The second-order valence-corrected chi connectivity index (χ2v) is 11.6. The van der Waals surface area contributed by atoms with Crippen LogP contribution in [-0.4, -0.2) is 43.5 Å². The van der Waals surface area contributed by atoms with Crippen LogP contribution in [0.4, 0.5) is 5.69 Å². The van der Waals surface area contributed by atoms with Gasteiger partial charge in [0.05, 0.1) is 17.3 Å². The van der Waals surface area contributed by atoms with Crippen LogP contribution < -0.4 is 5.73 Å². The zero-order chi connectivity index (χ0) is 30.0. The molecule has 1 aliphatic heterocycles. The molecule has 0 radical (unpaired) electrons. The Morgan fingerprint density at radius 1 is 0.909 bits per heavy atom. The molecule has 0 spiro atoms. The summed E-state index contributed by atoms with van der Waals surface area (Å²) in [7, 11) is 0. The van der Waals surface area contributed by atoms with E-state index in [1.54, 1.807) is 0 Å². The van der Waals surface area contributed by atoms with Gasteiger partial charge in [-0.05, 0) is 67.7 Å². The van der Waals surface area contributed by atoms with E-state index in [4.69, 9.17) is 15.5 Å². The molecule has 3 aromatic carbocycles. The zero-order valence-corrected chi connectivity index (χ0v) is 24.7. The van der Waals surface area contributed by atoms with E-state index in [-0.39, 0.29) is 18.5 Å². The minimum absolute atomic E-state index is 0.0645. The van der Waals surface area contributed by atoms with Gasteiger partial charge in [0.1, 0.15) is 6.61 Å². The Morgan fingerprint density at radius 2 is 1.70 bits per heavy atom. The minimum atomic E-state index is -0.119. The number of nitrogens with zero attached hydrogens (tertiary/aromatic N) is 5. The molecule has 8 heteroatoms. The van der Waals surface area contributed by atoms with Crippen molar-refractivity contribution in [2.45, 2.75) is 32.9 Å². The van der Waals surface area contributed by atoms with Crippen LogP contribution in [0, 0.1) is 12.8 Å². The number of rotatable bonds is 7. The Labute approximate surface area is 256 Å². The quantitative estimate of drug-likeness (QED) is 0.170. The maximum atomic E-state index is 12.7. The van der Waals surface area contributed by atoms with Crippen LogP contribution in [-0.2, 0) is 22.7 Å². The lowest BCUT2D eigenvalue weighted by molar-refractivity contribution is -0.151. The summed E-state index contributed by atoms with van der Waals surface area (Å²) >= 11 is 0. The van der Waals surface area contributed by atoms with E-state index >= 15 is 0 Å². The lowest BCUT2D eigenvalue weighted by Gasteiger charge is -2.30. The van der Waals surface area contributed by atoms with E-state index in [0.717, 1.165) is 82.8 Å². The van der Waals surface area contributed by atoms with Crippen molar-refractivity contribution in [3.05, 3.63) is 114 Å². The lowest BCUT2D eigenvalue weighted by Crippen LogP contribution is -2.36. The summed E-state index contributed by atoms with van der Waals surface area (Å²) in [4.78, 5) is 24.9. The highest BCUT2D eigenvalue weighted by Gasteiger charge is 2.26. The maximum Gasteiger partial charge on any atom is 0.309 e. The SMILES string of the molecule is Cc1cc2ncc3cc(-c4ccccc4)c(-c4ccc(CN5CCC(C(=O)OCc6cccc(N)c6)CC5)cc4)nc3n2n1. The molecule has 1 fully saturated rings. The number of aromatic nitrogens is 4. The number of likely N-dealkylation sites (tertiary alicyclic amines) is 1. The van der Waals surface area contributed by atoms with Crippen LogP contribution in [0.25, 0.3) is 39.1 Å². The summed E-state index contributed by atoms with van der Waals surface area (Å²) in [6, 6.07) is 30.6. The van der Waals surface area contributed by atoms with E-state index in [2.05, 4.69) is 57.4 Å². The molecule has 8 nitrogen and oxygen atoms in total. The van der Waals surface area contributed by atoms with Crippen molar-refractivity contribution in [2.75, 3.05) is 18.8 Å². The third-order valence-corrected chi connectivity index (χ3v) is 8.35. The van der Waals surface area contributed by atoms with Crippen LogP contribution in [0.2, 0.25) is 0 Å². The van der Waals surface area contributed by atoms with Gasteiger partial charge in [0.15, 0.2) is 11.3 Å². The number of nitrogen functional groups attached to an aromatic ring is 1. The van der Waals surface area contributed by atoms with Gasteiger partial charge in [-0.1, -0.05) is 66.7 Å². The van der Waals surface area contributed by atoms with Gasteiger partial charge >= 0.3 is 5.97 Å². The van der Waals surface area contributed by atoms with Gasteiger partial charge in [-0.3, -0.25) is 9.69 Å². The summed E-state index contributed by atoms with van der Waals surface area (Å²) in [5.41, 5.74) is 15.3. The first-order valence-electron chi connectivity index (χ1n) is 15.0. The second kappa shape index (κ2) is 11.9. The number of benzene rings is 3. The fourth-order valence-corrected chi connectivity index (χ4v) is 6.02. The molecule has 3 aromatic heterocycles. The molecule has 0 saturated carbocycles. The fourth-order valence-electron chi connectivity index (χ4n) is 6.02. The largest absolute Gasteiger partial charge is 0.461 e. The van der Waals surface area contributed by atoms with E-state index in [9.17, 15) is 4.79 Å². The first-order chi connectivity index (χ1) is 21.5. The number of ether oxygens (including phenoxy) is 1. The van der Waals surface area contributed by atoms with Gasteiger partial charge in [0.25, 0.3) is 0 Å². The first kappa shape index (κ1) is 27.7. The monoisotopic (exact) mass is 582 g/mol. The van der Waals surface area contributed by atoms with Crippen LogP contribution in [0.15, 0.2) is 97.2 Å². The Morgan fingerprint density at radius 3 is 2.48 bits per heavy atom. The molecule has 4 heterocycles. The number of esters is 1. The molecule has 6 aromatic rings. The normalized spacial score (nSPS) is 14.3. The molecule has 1 aliphatic rings. The topological polar surface area (TPSA) is 98.6 Å². The predicted octanol–water partition coefficient (Wildman–Crippen LogP) is 6.46. The molecule has 2 N–H and O–H groups in total. The molecule has 220 valence electrons. The number of carbonyl (C=O) groups is 1. The van der Waals surface area contributed by atoms with Gasteiger partial charge in [-0.15, -0.1) is 0 Å². The average molecular weight is 583 g/mol. The molecule has 0 aliphatic carbocycles. The van der Waals surface area contributed by atoms with E-state index in [0.29, 0.717) is 5.69 Å². The number of hydrogen-bond acceptors (Lipinski definition) is 7. The summed E-state index contributed by atoms with van der Waals surface area (Å²) in [5, 5.41) is 5.60. The van der Waals surface area contributed by atoms with Crippen molar-refractivity contribution in [1.29, 1.82) is 0 Å². The summed E-state index contributed by atoms with van der Waals surface area (Å²) in [6.45, 7) is 4.78. The number of fused-ring (bicyclic) bond motifs is 3. The van der Waals surface area contributed by atoms with Crippen molar-refractivity contribution in [3.8, 4) is 22.4 Å². The number of nitrogens with two attached hydrogens (primary N) is 1. The summed E-state index contributed by atoms with van der Waals surface area (Å²) in [5.74, 6) is -0.183. The predicted molar refractivity (Wildman–Crippen MR) is 173 cm³/mol. The molecular formula is C36H34N6O2. The highest BCUT2D eigenvalue weighted by Crippen LogP contribution is 2.34. The van der Waals surface area contributed by atoms with Crippen LogP contribution in [0.5, 0.6) is 0 Å². The van der Waals surface area contributed by atoms with E-state index in [1.165, 1.54) is 5.56 Å². The highest BCUT2D eigenvalue weighted by atomic mass is 16.5. The van der Waals surface area contributed by atoms with Gasteiger partial charge in [0, 0.05) is 41.0 Å². The summed E-state index contributed by atoms with van der Waals surface area (Å²) < 4.78 is 7.42. The number of piperidine rings is 1. The molecule has 44 heavy (non-hydrogen) atoms. The van der Waals surface area contributed by atoms with Crippen molar-refractivity contribution >= 4 is 28.3 Å². The van der Waals surface area contributed by atoms with Crippen LogP contribution in [0.3, 0.4) is 0 Å². The van der Waals surface area contributed by atoms with Crippen LogP contribution >= 0.6 is 0 Å². The Hall–Kier alpha value is -5.08. The molecule has 0 unspecified atom stereocenters. The third-order valence-electron chi connectivity index (χ3n) is 8.35. The van der Waals surface area contributed by atoms with E-state index < -0.39 is 0 Å². The molecule has 0 atom stereocenters.